The summed E-state index contributed by atoms with van der Waals surface area (Å²) in [4.78, 5) is 16.1. The van der Waals surface area contributed by atoms with Crippen LogP contribution >= 0.6 is 11.6 Å². The summed E-state index contributed by atoms with van der Waals surface area (Å²) in [5.41, 5.74) is 0.910. The molecule has 0 aliphatic carbocycles. The van der Waals surface area contributed by atoms with Crippen LogP contribution < -0.4 is 0 Å². The Morgan fingerprint density at radius 1 is 1.47 bits per heavy atom. The van der Waals surface area contributed by atoms with Gasteiger partial charge in [-0.05, 0) is 24.6 Å². The molecule has 0 aliphatic heterocycles. The third-order valence-electron chi connectivity index (χ3n) is 2.56. The van der Waals surface area contributed by atoms with Gasteiger partial charge in [-0.1, -0.05) is 23.7 Å². The molecule has 3 nitrogen and oxygen atoms in total. The zero-order chi connectivity index (χ0) is 12.3. The molecule has 17 heavy (non-hydrogen) atoms. The van der Waals surface area contributed by atoms with Crippen LogP contribution in [-0.4, -0.2) is 15.3 Å². The minimum absolute atomic E-state index is 0.0131. The number of Topliss-reactive ketones (excluding diaryl/α,β-unsaturated/α-hetero) is 1. The van der Waals surface area contributed by atoms with Crippen molar-refractivity contribution in [1.29, 1.82) is 0 Å². The molecular weight excluding hydrogens is 236 g/mol. The number of aromatic nitrogens is 2. The third-order valence-corrected chi connectivity index (χ3v) is 2.79. The Bertz CT molecular complexity index is 534. The van der Waals surface area contributed by atoms with Gasteiger partial charge in [0, 0.05) is 30.4 Å². The minimum Gasteiger partial charge on any atom is -0.329 e. The summed E-state index contributed by atoms with van der Waals surface area (Å²) in [5, 5.41) is 0.647. The zero-order valence-electron chi connectivity index (χ0n) is 9.56. The van der Waals surface area contributed by atoms with Crippen molar-refractivity contribution in [1.82, 2.24) is 9.55 Å². The summed E-state index contributed by atoms with van der Waals surface area (Å²) in [7, 11) is 0. The predicted octanol–water partition coefficient (Wildman–Crippen LogP) is 2.98. The van der Waals surface area contributed by atoms with Crippen LogP contribution in [0.4, 0.5) is 0 Å². The molecule has 0 saturated carbocycles. The van der Waals surface area contributed by atoms with Crippen molar-refractivity contribution in [3.05, 3.63) is 53.1 Å². The Morgan fingerprint density at radius 3 is 3.00 bits per heavy atom. The van der Waals surface area contributed by atoms with Crippen LogP contribution in [0.3, 0.4) is 0 Å². The van der Waals surface area contributed by atoms with E-state index in [4.69, 9.17) is 11.6 Å². The van der Waals surface area contributed by atoms with Crippen LogP contribution in [0.25, 0.3) is 0 Å². The number of rotatable bonds is 4. The smallest absolute Gasteiger partial charge is 0.202 e. The standard InChI is InChI=1S/C13H13ClN2O/c1-2-16-7-6-15-13(16)12(17)9-10-4-3-5-11(14)8-10/h3-8H,2,9H2,1H3. The van der Waals surface area contributed by atoms with Gasteiger partial charge in [0.15, 0.2) is 5.82 Å². The number of hydrogen-bond acceptors (Lipinski definition) is 2. The van der Waals surface area contributed by atoms with Crippen molar-refractivity contribution in [3.63, 3.8) is 0 Å². The van der Waals surface area contributed by atoms with E-state index in [0.29, 0.717) is 17.3 Å². The van der Waals surface area contributed by atoms with E-state index >= 15 is 0 Å². The van der Waals surface area contributed by atoms with Crippen molar-refractivity contribution in [2.45, 2.75) is 19.9 Å². The fourth-order valence-corrected chi connectivity index (χ4v) is 1.94. The molecule has 0 amide bonds. The van der Waals surface area contributed by atoms with Gasteiger partial charge in [-0.2, -0.15) is 0 Å². The molecule has 0 bridgehead atoms. The van der Waals surface area contributed by atoms with E-state index in [-0.39, 0.29) is 5.78 Å². The molecule has 1 aromatic carbocycles. The molecule has 1 aromatic heterocycles. The lowest BCUT2D eigenvalue weighted by Gasteiger charge is -2.04. The van der Waals surface area contributed by atoms with Gasteiger partial charge in [-0.15, -0.1) is 0 Å². The monoisotopic (exact) mass is 248 g/mol. The normalized spacial score (nSPS) is 10.5. The molecule has 0 spiro atoms. The molecular formula is C13H13ClN2O. The van der Waals surface area contributed by atoms with Crippen LogP contribution in [0, 0.1) is 0 Å². The van der Waals surface area contributed by atoms with E-state index in [1.54, 1.807) is 18.3 Å². The van der Waals surface area contributed by atoms with Gasteiger partial charge in [0.05, 0.1) is 0 Å². The molecule has 88 valence electrons. The van der Waals surface area contributed by atoms with Crippen molar-refractivity contribution in [3.8, 4) is 0 Å². The Labute approximate surface area is 105 Å². The third kappa shape index (κ3) is 2.74. The fraction of sp³-hybridized carbons (Fsp3) is 0.231. The minimum atomic E-state index is 0.0131. The molecule has 0 fully saturated rings. The van der Waals surface area contributed by atoms with Crippen LogP contribution in [-0.2, 0) is 13.0 Å². The van der Waals surface area contributed by atoms with Crippen molar-refractivity contribution < 1.29 is 4.79 Å². The number of carbonyl (C=O) groups is 1. The molecule has 1 heterocycles. The van der Waals surface area contributed by atoms with Gasteiger partial charge in [-0.3, -0.25) is 4.79 Å². The Kier molecular flexibility index (Phi) is 3.59. The summed E-state index contributed by atoms with van der Waals surface area (Å²) < 4.78 is 1.84. The lowest BCUT2D eigenvalue weighted by atomic mass is 10.1. The summed E-state index contributed by atoms with van der Waals surface area (Å²) >= 11 is 5.88. The maximum absolute atomic E-state index is 12.0. The lowest BCUT2D eigenvalue weighted by molar-refractivity contribution is 0.0979. The summed E-state index contributed by atoms with van der Waals surface area (Å²) in [6, 6.07) is 7.33. The SMILES string of the molecule is CCn1ccnc1C(=O)Cc1cccc(Cl)c1. The van der Waals surface area contributed by atoms with Gasteiger partial charge >= 0.3 is 0 Å². The second kappa shape index (κ2) is 5.15. The number of aryl methyl sites for hydroxylation is 1. The first-order valence-electron chi connectivity index (χ1n) is 5.49. The van der Waals surface area contributed by atoms with E-state index in [0.717, 1.165) is 12.1 Å². The van der Waals surface area contributed by atoms with Gasteiger partial charge in [0.1, 0.15) is 0 Å². The molecule has 0 aliphatic rings. The Morgan fingerprint density at radius 2 is 2.29 bits per heavy atom. The number of hydrogen-bond donors (Lipinski definition) is 0. The lowest BCUT2D eigenvalue weighted by Crippen LogP contribution is -2.11. The average molecular weight is 249 g/mol. The molecule has 0 radical (unpaired) electrons. The Balaban J connectivity index is 2.17. The molecule has 2 rings (SSSR count). The fourth-order valence-electron chi connectivity index (χ4n) is 1.73. The highest BCUT2D eigenvalue weighted by Gasteiger charge is 2.12. The largest absolute Gasteiger partial charge is 0.329 e. The van der Waals surface area contributed by atoms with Gasteiger partial charge in [0.25, 0.3) is 0 Å². The molecule has 0 saturated heterocycles. The quantitative estimate of drug-likeness (QED) is 0.780. The second-order valence-corrected chi connectivity index (χ2v) is 4.20. The highest BCUT2D eigenvalue weighted by molar-refractivity contribution is 6.30. The van der Waals surface area contributed by atoms with E-state index in [1.165, 1.54) is 0 Å². The van der Waals surface area contributed by atoms with E-state index in [2.05, 4.69) is 4.98 Å². The summed E-state index contributed by atoms with van der Waals surface area (Å²) in [6.45, 7) is 2.73. The molecule has 2 aromatic rings. The topological polar surface area (TPSA) is 34.9 Å². The molecule has 0 atom stereocenters. The average Bonchev–Trinajstić information content (AvgIpc) is 2.77. The molecule has 0 N–H and O–H groups in total. The number of nitrogens with zero attached hydrogens (tertiary/aromatic N) is 2. The zero-order valence-corrected chi connectivity index (χ0v) is 10.3. The van der Waals surface area contributed by atoms with Gasteiger partial charge in [0.2, 0.25) is 5.78 Å². The number of carbonyl (C=O) groups excluding carboxylic acids is 1. The second-order valence-electron chi connectivity index (χ2n) is 3.77. The van der Waals surface area contributed by atoms with Crippen LogP contribution in [0.15, 0.2) is 36.7 Å². The highest BCUT2D eigenvalue weighted by Crippen LogP contribution is 2.13. The van der Waals surface area contributed by atoms with Crippen molar-refractivity contribution >= 4 is 17.4 Å². The van der Waals surface area contributed by atoms with Gasteiger partial charge < -0.3 is 4.57 Å². The molecule has 4 heteroatoms. The van der Waals surface area contributed by atoms with Crippen molar-refractivity contribution in [2.75, 3.05) is 0 Å². The van der Waals surface area contributed by atoms with E-state index < -0.39 is 0 Å². The van der Waals surface area contributed by atoms with Crippen LogP contribution in [0.2, 0.25) is 5.02 Å². The first kappa shape index (κ1) is 11.9. The number of imidazole rings is 1. The number of ketones is 1. The maximum Gasteiger partial charge on any atom is 0.202 e. The van der Waals surface area contributed by atoms with Crippen LogP contribution in [0.5, 0.6) is 0 Å². The Hall–Kier alpha value is -1.61. The van der Waals surface area contributed by atoms with E-state index in [1.807, 2.05) is 29.8 Å². The van der Waals surface area contributed by atoms with E-state index in [9.17, 15) is 4.79 Å². The predicted molar refractivity (Wildman–Crippen MR) is 67.4 cm³/mol. The number of benzene rings is 1. The first-order valence-corrected chi connectivity index (χ1v) is 5.87. The van der Waals surface area contributed by atoms with Gasteiger partial charge in [-0.25, -0.2) is 4.98 Å². The summed E-state index contributed by atoms with van der Waals surface area (Å²) in [5.74, 6) is 0.520. The first-order chi connectivity index (χ1) is 8.20. The van der Waals surface area contributed by atoms with Crippen molar-refractivity contribution in [2.24, 2.45) is 0 Å². The summed E-state index contributed by atoms with van der Waals surface area (Å²) in [6.07, 6.45) is 3.79. The highest BCUT2D eigenvalue weighted by atomic mass is 35.5. The maximum atomic E-state index is 12.0. The molecule has 0 unspecified atom stereocenters. The van der Waals surface area contributed by atoms with Crippen LogP contribution in [0.1, 0.15) is 23.1 Å². The number of halogens is 1.